The van der Waals surface area contributed by atoms with Crippen molar-refractivity contribution in [1.29, 1.82) is 0 Å². The molecule has 1 fully saturated rings. The highest BCUT2D eigenvalue weighted by Gasteiger charge is 2.32. The first-order chi connectivity index (χ1) is 7.52. The smallest absolute Gasteiger partial charge is 0.303 e. The van der Waals surface area contributed by atoms with Crippen LogP contribution in [0.4, 0.5) is 0 Å². The Morgan fingerprint density at radius 3 is 2.62 bits per heavy atom. The Hall–Kier alpha value is -1.10. The number of carbonyl (C=O) groups excluding carboxylic acids is 1. The zero-order chi connectivity index (χ0) is 12.1. The van der Waals surface area contributed by atoms with Gasteiger partial charge in [0, 0.05) is 31.5 Å². The van der Waals surface area contributed by atoms with Crippen LogP contribution in [0.3, 0.4) is 0 Å². The van der Waals surface area contributed by atoms with Gasteiger partial charge in [-0.3, -0.25) is 9.59 Å². The number of likely N-dealkylation sites (tertiary alicyclic amines) is 1. The molecular weight excluding hydrogens is 208 g/mol. The lowest BCUT2D eigenvalue weighted by molar-refractivity contribution is -0.145. The van der Waals surface area contributed by atoms with Gasteiger partial charge in [0.15, 0.2) is 0 Å². The van der Waals surface area contributed by atoms with E-state index in [9.17, 15) is 9.59 Å². The monoisotopic (exact) mass is 228 g/mol. The number of hydrogen-bond acceptors (Lipinski definition) is 3. The van der Waals surface area contributed by atoms with Crippen molar-refractivity contribution in [3.63, 3.8) is 0 Å². The van der Waals surface area contributed by atoms with Crippen LogP contribution in [0.15, 0.2) is 0 Å². The Balaban J connectivity index is 2.19. The summed E-state index contributed by atoms with van der Waals surface area (Å²) in [5, 5.41) is 8.57. The summed E-state index contributed by atoms with van der Waals surface area (Å²) in [6, 6.07) is -0.0592. The van der Waals surface area contributed by atoms with Crippen molar-refractivity contribution in [3.8, 4) is 0 Å². The predicted octanol–water partition coefficient (Wildman–Crippen LogP) is 0.437. The quantitative estimate of drug-likeness (QED) is 0.691. The molecule has 92 valence electrons. The van der Waals surface area contributed by atoms with E-state index in [-0.39, 0.29) is 24.3 Å². The molecule has 1 saturated heterocycles. The molecule has 1 aliphatic heterocycles. The summed E-state index contributed by atoms with van der Waals surface area (Å²) >= 11 is 0. The average molecular weight is 228 g/mol. The van der Waals surface area contributed by atoms with Crippen LogP contribution < -0.4 is 5.73 Å². The van der Waals surface area contributed by atoms with Crippen LogP contribution >= 0.6 is 0 Å². The Labute approximate surface area is 95.6 Å². The van der Waals surface area contributed by atoms with E-state index in [0.717, 1.165) is 12.8 Å². The summed E-state index contributed by atoms with van der Waals surface area (Å²) in [6.45, 7) is 3.19. The van der Waals surface area contributed by atoms with Gasteiger partial charge < -0.3 is 15.7 Å². The lowest BCUT2D eigenvalue weighted by Gasteiger charge is -2.39. The third-order valence-corrected chi connectivity index (χ3v) is 2.87. The van der Waals surface area contributed by atoms with Crippen LogP contribution in [-0.4, -0.2) is 41.0 Å². The molecule has 1 atom stereocenters. The second kappa shape index (κ2) is 5.84. The van der Waals surface area contributed by atoms with Crippen molar-refractivity contribution in [2.45, 2.75) is 38.6 Å². The van der Waals surface area contributed by atoms with E-state index in [1.54, 1.807) is 4.90 Å². The van der Waals surface area contributed by atoms with Gasteiger partial charge in [0.1, 0.15) is 0 Å². The van der Waals surface area contributed by atoms with Crippen molar-refractivity contribution < 1.29 is 14.7 Å². The third-order valence-electron chi connectivity index (χ3n) is 2.87. The van der Waals surface area contributed by atoms with E-state index >= 15 is 0 Å². The zero-order valence-corrected chi connectivity index (χ0v) is 9.69. The van der Waals surface area contributed by atoms with Gasteiger partial charge in [-0.15, -0.1) is 0 Å². The maximum Gasteiger partial charge on any atom is 0.303 e. The van der Waals surface area contributed by atoms with Gasteiger partial charge in [0.25, 0.3) is 0 Å². The summed E-state index contributed by atoms with van der Waals surface area (Å²) in [5.41, 5.74) is 5.78. The molecule has 0 saturated carbocycles. The van der Waals surface area contributed by atoms with Crippen molar-refractivity contribution in [3.05, 3.63) is 0 Å². The van der Waals surface area contributed by atoms with Gasteiger partial charge in [-0.2, -0.15) is 0 Å². The summed E-state index contributed by atoms with van der Waals surface area (Å²) in [6.07, 6.45) is 2.38. The number of nitrogens with two attached hydrogens (primary N) is 1. The number of amides is 1. The van der Waals surface area contributed by atoms with E-state index in [0.29, 0.717) is 19.5 Å². The van der Waals surface area contributed by atoms with Gasteiger partial charge in [-0.05, 0) is 6.42 Å². The lowest BCUT2D eigenvalue weighted by Crippen LogP contribution is -2.51. The molecule has 16 heavy (non-hydrogen) atoms. The average Bonchev–Trinajstić information content (AvgIpc) is 2.10. The standard InChI is InChI=1S/C11H20N2O3/c1-2-3-9(12)5-10(14)13-6-8(7-13)4-11(15)16/h8-9H,2-7,12H2,1H3,(H,15,16). The highest BCUT2D eigenvalue weighted by atomic mass is 16.4. The van der Waals surface area contributed by atoms with E-state index in [1.165, 1.54) is 0 Å². The summed E-state index contributed by atoms with van der Waals surface area (Å²) in [4.78, 5) is 23.8. The van der Waals surface area contributed by atoms with Crippen LogP contribution in [0.5, 0.6) is 0 Å². The minimum atomic E-state index is -0.792. The molecule has 1 amide bonds. The van der Waals surface area contributed by atoms with Gasteiger partial charge in [0.2, 0.25) is 5.91 Å². The molecule has 0 aromatic rings. The number of hydrogen-bond donors (Lipinski definition) is 2. The molecule has 0 aromatic carbocycles. The molecule has 0 bridgehead atoms. The molecule has 0 aliphatic carbocycles. The molecular formula is C11H20N2O3. The molecule has 1 heterocycles. The zero-order valence-electron chi connectivity index (χ0n) is 9.69. The summed E-state index contributed by atoms with van der Waals surface area (Å²) in [5.74, 6) is -0.605. The normalized spacial score (nSPS) is 18.0. The van der Waals surface area contributed by atoms with Crippen LogP contribution in [0.25, 0.3) is 0 Å². The van der Waals surface area contributed by atoms with Gasteiger partial charge >= 0.3 is 5.97 Å². The van der Waals surface area contributed by atoms with Crippen LogP contribution in [0.2, 0.25) is 0 Å². The van der Waals surface area contributed by atoms with Crippen LogP contribution in [0, 0.1) is 5.92 Å². The number of nitrogens with zero attached hydrogens (tertiary/aromatic N) is 1. The second-order valence-corrected chi connectivity index (χ2v) is 4.52. The molecule has 1 rings (SSSR count). The number of rotatable bonds is 6. The maximum absolute atomic E-state index is 11.6. The second-order valence-electron chi connectivity index (χ2n) is 4.52. The van der Waals surface area contributed by atoms with Crippen molar-refractivity contribution in [2.24, 2.45) is 11.7 Å². The fraction of sp³-hybridized carbons (Fsp3) is 0.818. The minimum absolute atomic E-state index is 0.0580. The Kier molecular flexibility index (Phi) is 4.73. The van der Waals surface area contributed by atoms with Crippen molar-refractivity contribution >= 4 is 11.9 Å². The van der Waals surface area contributed by atoms with Crippen LogP contribution in [-0.2, 0) is 9.59 Å². The highest BCUT2D eigenvalue weighted by molar-refractivity contribution is 5.78. The van der Waals surface area contributed by atoms with Crippen molar-refractivity contribution in [2.75, 3.05) is 13.1 Å². The van der Waals surface area contributed by atoms with E-state index < -0.39 is 5.97 Å². The Morgan fingerprint density at radius 1 is 1.50 bits per heavy atom. The maximum atomic E-state index is 11.6. The number of aliphatic carboxylic acids is 1. The Morgan fingerprint density at radius 2 is 2.12 bits per heavy atom. The van der Waals surface area contributed by atoms with Gasteiger partial charge in [-0.25, -0.2) is 0 Å². The lowest BCUT2D eigenvalue weighted by atomic mass is 9.95. The van der Waals surface area contributed by atoms with Crippen molar-refractivity contribution in [1.82, 2.24) is 4.90 Å². The third kappa shape index (κ3) is 3.81. The number of carboxylic acid groups (broad SMARTS) is 1. The number of carbonyl (C=O) groups is 2. The molecule has 0 spiro atoms. The van der Waals surface area contributed by atoms with Gasteiger partial charge in [0.05, 0.1) is 6.42 Å². The largest absolute Gasteiger partial charge is 0.481 e. The minimum Gasteiger partial charge on any atom is -0.481 e. The molecule has 5 heteroatoms. The fourth-order valence-electron chi connectivity index (χ4n) is 1.98. The highest BCUT2D eigenvalue weighted by Crippen LogP contribution is 2.20. The molecule has 0 aromatic heterocycles. The Bertz CT molecular complexity index is 262. The van der Waals surface area contributed by atoms with E-state index in [2.05, 4.69) is 0 Å². The molecule has 0 radical (unpaired) electrons. The first-order valence-corrected chi connectivity index (χ1v) is 5.78. The summed E-state index contributed by atoms with van der Waals surface area (Å²) in [7, 11) is 0. The molecule has 1 unspecified atom stereocenters. The first kappa shape index (κ1) is 13.0. The van der Waals surface area contributed by atoms with Crippen LogP contribution in [0.1, 0.15) is 32.6 Å². The van der Waals surface area contributed by atoms with Gasteiger partial charge in [-0.1, -0.05) is 13.3 Å². The molecule has 3 N–H and O–H groups in total. The first-order valence-electron chi connectivity index (χ1n) is 5.78. The molecule has 5 nitrogen and oxygen atoms in total. The van der Waals surface area contributed by atoms with E-state index in [1.807, 2.05) is 6.92 Å². The summed E-state index contributed by atoms with van der Waals surface area (Å²) < 4.78 is 0. The topological polar surface area (TPSA) is 83.6 Å². The predicted molar refractivity (Wildman–Crippen MR) is 59.8 cm³/mol. The molecule has 1 aliphatic rings. The number of carboxylic acids is 1. The fourth-order valence-corrected chi connectivity index (χ4v) is 1.98. The van der Waals surface area contributed by atoms with E-state index in [4.69, 9.17) is 10.8 Å². The SMILES string of the molecule is CCCC(N)CC(=O)N1CC(CC(=O)O)C1.